The quantitative estimate of drug-likeness (QED) is 0.603. The first-order valence-electron chi connectivity index (χ1n) is 12.1. The minimum atomic E-state index is -2.27. The third-order valence-corrected chi connectivity index (χ3v) is 9.44. The van der Waals surface area contributed by atoms with Crippen LogP contribution in [0.2, 0.25) is 0 Å². The Kier molecular flexibility index (Phi) is 5.15. The monoisotopic (exact) mass is 494 g/mol. The molecule has 0 radical (unpaired) electrons. The highest BCUT2D eigenvalue weighted by Gasteiger charge is 2.80. The Morgan fingerprint density at radius 2 is 1.89 bits per heavy atom. The number of aliphatic hydroxyl groups excluding tert-OH is 1. The van der Waals surface area contributed by atoms with E-state index in [2.05, 4.69) is 0 Å². The Balaban J connectivity index is 1.62. The van der Waals surface area contributed by atoms with Gasteiger partial charge in [-0.3, -0.25) is 14.4 Å². The molecule has 4 fully saturated rings. The van der Waals surface area contributed by atoms with Crippen LogP contribution in [-0.2, 0) is 28.6 Å². The van der Waals surface area contributed by atoms with Gasteiger partial charge in [0.05, 0.1) is 12.2 Å². The molecule has 0 unspecified atom stereocenters. The smallest absolute Gasteiger partial charge is 0.303 e. The number of ether oxygens (including phenoxy) is 3. The molecule has 0 amide bonds. The van der Waals surface area contributed by atoms with Gasteiger partial charge in [-0.2, -0.15) is 0 Å². The number of carbonyl (C=O) groups is 3. The third kappa shape index (κ3) is 2.95. The number of Topliss-reactive ketones (excluding diaryl/α,β-unsaturated/α-hetero) is 1. The van der Waals surface area contributed by atoms with Crippen LogP contribution in [0.4, 0.5) is 8.78 Å². The number of ketones is 2. The molecule has 0 aromatic carbocycles. The molecule has 0 spiro atoms. The molecule has 0 bridgehead atoms. The minimum Gasteiger partial charge on any atom is -0.458 e. The van der Waals surface area contributed by atoms with Crippen LogP contribution in [0.15, 0.2) is 23.8 Å². The molecule has 0 aromatic rings. The summed E-state index contributed by atoms with van der Waals surface area (Å²) in [6.45, 7) is 7.28. The lowest BCUT2D eigenvalue weighted by Gasteiger charge is -2.63. The number of hydrogen-bond donors (Lipinski definition) is 1. The van der Waals surface area contributed by atoms with Gasteiger partial charge in [-0.1, -0.05) is 13.0 Å². The van der Waals surface area contributed by atoms with Crippen LogP contribution in [-0.4, -0.2) is 64.7 Å². The van der Waals surface area contributed by atoms with Gasteiger partial charge in [-0.05, 0) is 63.7 Å². The second kappa shape index (κ2) is 7.29. The van der Waals surface area contributed by atoms with E-state index in [-0.39, 0.29) is 24.8 Å². The molecule has 9 heteroatoms. The molecule has 4 aliphatic carbocycles. The topological polar surface area (TPSA) is 99.1 Å². The van der Waals surface area contributed by atoms with Gasteiger partial charge in [0.1, 0.15) is 6.17 Å². The molecule has 1 N–H and O–H groups in total. The van der Waals surface area contributed by atoms with Crippen molar-refractivity contribution in [1.82, 2.24) is 0 Å². The van der Waals surface area contributed by atoms with Gasteiger partial charge in [-0.25, -0.2) is 8.78 Å². The number of carbonyl (C=O) groups excluding carboxylic acids is 3. The molecule has 35 heavy (non-hydrogen) atoms. The first-order chi connectivity index (χ1) is 16.1. The normalized spacial score (nSPS) is 49.4. The Morgan fingerprint density at radius 1 is 1.20 bits per heavy atom. The lowest BCUT2D eigenvalue weighted by molar-refractivity contribution is -0.249. The van der Waals surface area contributed by atoms with Crippen LogP contribution >= 0.6 is 0 Å². The van der Waals surface area contributed by atoms with Gasteiger partial charge in [-0.15, -0.1) is 0 Å². The van der Waals surface area contributed by atoms with Crippen molar-refractivity contribution in [3.8, 4) is 0 Å². The maximum Gasteiger partial charge on any atom is 0.303 e. The van der Waals surface area contributed by atoms with E-state index in [1.54, 1.807) is 20.8 Å². The van der Waals surface area contributed by atoms with Gasteiger partial charge >= 0.3 is 5.97 Å². The molecule has 1 heterocycles. The van der Waals surface area contributed by atoms with E-state index in [0.29, 0.717) is 0 Å². The van der Waals surface area contributed by atoms with Gasteiger partial charge in [0.25, 0.3) is 0 Å². The molecule has 7 nitrogen and oxygen atoms in total. The highest BCUT2D eigenvalue weighted by Crippen LogP contribution is 2.72. The summed E-state index contributed by atoms with van der Waals surface area (Å²) in [6.07, 6.45) is -0.345. The molecule has 9 atom stereocenters. The summed E-state index contributed by atoms with van der Waals surface area (Å²) in [5.74, 6) is -4.23. The van der Waals surface area contributed by atoms with Gasteiger partial charge in [0, 0.05) is 23.7 Å². The van der Waals surface area contributed by atoms with Crippen LogP contribution in [0.5, 0.6) is 0 Å². The summed E-state index contributed by atoms with van der Waals surface area (Å²) >= 11 is 0. The van der Waals surface area contributed by atoms with E-state index in [1.165, 1.54) is 26.0 Å². The average molecular weight is 495 g/mol. The number of fused-ring (bicyclic) bond motifs is 7. The third-order valence-electron chi connectivity index (χ3n) is 9.44. The van der Waals surface area contributed by atoms with Crippen molar-refractivity contribution in [3.05, 3.63) is 23.8 Å². The summed E-state index contributed by atoms with van der Waals surface area (Å²) < 4.78 is 50.3. The molecular weight excluding hydrogens is 462 g/mol. The number of allylic oxidation sites excluding steroid dienone is 4. The summed E-state index contributed by atoms with van der Waals surface area (Å²) in [6, 6.07) is 0. The van der Waals surface area contributed by atoms with E-state index >= 15 is 8.78 Å². The van der Waals surface area contributed by atoms with Gasteiger partial charge in [0.2, 0.25) is 5.78 Å². The second-order valence-electron chi connectivity index (χ2n) is 11.6. The van der Waals surface area contributed by atoms with E-state index in [0.717, 1.165) is 6.08 Å². The maximum atomic E-state index is 17.3. The van der Waals surface area contributed by atoms with Crippen molar-refractivity contribution in [1.29, 1.82) is 0 Å². The SMILES string of the molecule is CC(=O)OCC(=O)[C@@]12OC(C)(C)O[C@H]1C[C@H]1[C@@H]3C[C@H](F)C4=CC(=O)C=C[C@]4(C)[C@@]3(F)[C@@H](O)C[C@]12C. The first kappa shape index (κ1) is 24.7. The Morgan fingerprint density at radius 3 is 2.54 bits per heavy atom. The average Bonchev–Trinajstić information content (AvgIpc) is 3.16. The van der Waals surface area contributed by atoms with Crippen molar-refractivity contribution in [2.75, 3.05) is 6.61 Å². The van der Waals surface area contributed by atoms with Crippen LogP contribution in [0.3, 0.4) is 0 Å². The Hall–Kier alpha value is -1.97. The minimum absolute atomic E-state index is 0.0406. The van der Waals surface area contributed by atoms with Crippen molar-refractivity contribution >= 4 is 17.5 Å². The zero-order valence-corrected chi connectivity index (χ0v) is 20.6. The van der Waals surface area contributed by atoms with Crippen molar-refractivity contribution in [3.63, 3.8) is 0 Å². The maximum absolute atomic E-state index is 17.3. The fraction of sp³-hybridized carbons (Fsp3) is 0.731. The van der Waals surface area contributed by atoms with E-state index < -0.39 is 82.2 Å². The van der Waals surface area contributed by atoms with Crippen LogP contribution < -0.4 is 0 Å². The van der Waals surface area contributed by atoms with Gasteiger partial charge < -0.3 is 19.3 Å². The summed E-state index contributed by atoms with van der Waals surface area (Å²) in [5, 5.41) is 11.5. The fourth-order valence-electron chi connectivity index (χ4n) is 8.08. The van der Waals surface area contributed by atoms with Crippen molar-refractivity contribution in [2.45, 2.75) is 89.3 Å². The predicted molar refractivity (Wildman–Crippen MR) is 118 cm³/mol. The van der Waals surface area contributed by atoms with Crippen molar-refractivity contribution in [2.24, 2.45) is 22.7 Å². The molecule has 192 valence electrons. The van der Waals surface area contributed by atoms with Crippen LogP contribution in [0, 0.1) is 22.7 Å². The Labute approximate surface area is 202 Å². The van der Waals surface area contributed by atoms with Crippen molar-refractivity contribution < 1.29 is 42.5 Å². The standard InChI is InChI=1S/C26H32F2O7/c1-13(29)33-12-20(32)26-21(34-22(2,3)35-26)10-15-16-9-18(27)17-8-14(30)6-7-23(17,4)25(16,28)19(31)11-24(15,26)5/h6-8,15-16,18-19,21,31H,9-12H2,1-5H3/t15-,16-,18-,19-,21-,23-,24+,25-,26+/m0/s1. The molecule has 1 aliphatic heterocycles. The number of aliphatic hydroxyl groups is 1. The summed E-state index contributed by atoms with van der Waals surface area (Å²) in [5.41, 5.74) is -6.46. The number of rotatable bonds is 3. The number of hydrogen-bond acceptors (Lipinski definition) is 7. The highest BCUT2D eigenvalue weighted by atomic mass is 19.1. The molecule has 1 saturated heterocycles. The number of alkyl halides is 2. The summed E-state index contributed by atoms with van der Waals surface area (Å²) in [4.78, 5) is 37.1. The molecular formula is C26H32F2O7. The molecule has 5 rings (SSSR count). The lowest BCUT2D eigenvalue weighted by Crippen LogP contribution is -2.71. The predicted octanol–water partition coefficient (Wildman–Crippen LogP) is 2.94. The van der Waals surface area contributed by atoms with Crippen LogP contribution in [0.1, 0.15) is 53.9 Å². The van der Waals surface area contributed by atoms with Gasteiger partial charge in [0.15, 0.2) is 29.4 Å². The highest BCUT2D eigenvalue weighted by molar-refractivity contribution is 6.01. The first-order valence-corrected chi connectivity index (χ1v) is 12.1. The molecule has 0 aromatic heterocycles. The van der Waals surface area contributed by atoms with E-state index in [4.69, 9.17) is 14.2 Å². The zero-order valence-electron chi connectivity index (χ0n) is 20.6. The molecule has 3 saturated carbocycles. The van der Waals surface area contributed by atoms with Crippen LogP contribution in [0.25, 0.3) is 0 Å². The molecule has 5 aliphatic rings. The largest absolute Gasteiger partial charge is 0.458 e. The van der Waals surface area contributed by atoms with E-state index in [9.17, 15) is 19.5 Å². The lowest BCUT2D eigenvalue weighted by atomic mass is 9.44. The fourth-order valence-corrected chi connectivity index (χ4v) is 8.08. The van der Waals surface area contributed by atoms with E-state index in [1.807, 2.05) is 0 Å². The number of esters is 1. The zero-order chi connectivity index (χ0) is 25.8. The second-order valence-corrected chi connectivity index (χ2v) is 11.6. The Bertz CT molecular complexity index is 1070. The number of halogens is 2. The summed E-state index contributed by atoms with van der Waals surface area (Å²) in [7, 11) is 0.